The summed E-state index contributed by atoms with van der Waals surface area (Å²) in [5.74, 6) is 0. The molecule has 21 heavy (non-hydrogen) atoms. The number of nitrogens with zero attached hydrogens (tertiary/aromatic N) is 2. The number of hydrogen-bond acceptors (Lipinski definition) is 3. The summed E-state index contributed by atoms with van der Waals surface area (Å²) < 4.78 is 40.0. The quantitative estimate of drug-likeness (QED) is 0.892. The maximum absolute atomic E-state index is 12.8. The molecule has 2 rings (SSSR count). The van der Waals surface area contributed by atoms with Gasteiger partial charge in [0, 0.05) is 24.0 Å². The van der Waals surface area contributed by atoms with E-state index in [2.05, 4.69) is 10.4 Å². The molecule has 0 radical (unpaired) electrons. The molecule has 0 spiro atoms. The van der Waals surface area contributed by atoms with Crippen molar-refractivity contribution in [2.75, 3.05) is 11.9 Å². The Kier molecular flexibility index (Phi) is 4.52. The van der Waals surface area contributed by atoms with Crippen molar-refractivity contribution >= 4 is 5.69 Å². The van der Waals surface area contributed by atoms with Gasteiger partial charge in [-0.25, -0.2) is 0 Å². The van der Waals surface area contributed by atoms with Crippen molar-refractivity contribution in [1.82, 2.24) is 9.78 Å². The van der Waals surface area contributed by atoms with E-state index in [1.165, 1.54) is 13.0 Å². The van der Waals surface area contributed by atoms with Crippen LogP contribution in [0.4, 0.5) is 18.9 Å². The second-order valence-corrected chi connectivity index (χ2v) is 4.72. The Balaban J connectivity index is 2.06. The third-order valence-corrected chi connectivity index (χ3v) is 3.06. The first-order chi connectivity index (χ1) is 9.90. The van der Waals surface area contributed by atoms with E-state index in [9.17, 15) is 13.2 Å². The van der Waals surface area contributed by atoms with E-state index in [0.717, 1.165) is 11.6 Å². The number of aryl methyl sites for hydroxylation is 1. The normalized spacial score (nSPS) is 11.7. The summed E-state index contributed by atoms with van der Waals surface area (Å²) in [5, 5.41) is 15.8. The Morgan fingerprint density at radius 2 is 2.10 bits per heavy atom. The van der Waals surface area contributed by atoms with Crippen LogP contribution in [0.2, 0.25) is 0 Å². The lowest BCUT2D eigenvalue weighted by Gasteiger charge is -2.13. The van der Waals surface area contributed by atoms with Crippen LogP contribution >= 0.6 is 0 Å². The molecule has 0 amide bonds. The summed E-state index contributed by atoms with van der Waals surface area (Å²) in [6.07, 6.45) is -1.00. The van der Waals surface area contributed by atoms with Crippen molar-refractivity contribution in [3.05, 3.63) is 47.3 Å². The van der Waals surface area contributed by atoms with Crippen LogP contribution < -0.4 is 5.32 Å². The summed E-state index contributed by atoms with van der Waals surface area (Å²) in [6.45, 7) is 2.18. The number of aliphatic hydroxyl groups excluding tert-OH is 1. The van der Waals surface area contributed by atoms with Gasteiger partial charge in [0.05, 0.1) is 24.9 Å². The van der Waals surface area contributed by atoms with Gasteiger partial charge in [0.1, 0.15) is 0 Å². The third-order valence-electron chi connectivity index (χ3n) is 3.06. The standard InChI is InChI=1S/C14H16F3N3O/c1-10-2-3-12(6-13(10)14(15,16)17)18-7-11-8-19-20(9-11)4-5-21/h2-3,6,8-9,18,21H,4-5,7H2,1H3. The van der Waals surface area contributed by atoms with Crippen LogP contribution in [0.5, 0.6) is 0 Å². The second kappa shape index (κ2) is 6.17. The lowest BCUT2D eigenvalue weighted by atomic mass is 10.1. The molecule has 0 atom stereocenters. The molecule has 1 heterocycles. The van der Waals surface area contributed by atoms with Crippen LogP contribution in [0.1, 0.15) is 16.7 Å². The van der Waals surface area contributed by atoms with Crippen molar-refractivity contribution < 1.29 is 18.3 Å². The number of hydrogen-bond donors (Lipinski definition) is 2. The molecule has 1 aromatic heterocycles. The molecule has 0 aliphatic rings. The van der Waals surface area contributed by atoms with E-state index < -0.39 is 11.7 Å². The van der Waals surface area contributed by atoms with Crippen LogP contribution in [0, 0.1) is 6.92 Å². The Labute approximate surface area is 120 Å². The van der Waals surface area contributed by atoms with Gasteiger partial charge in [-0.3, -0.25) is 4.68 Å². The van der Waals surface area contributed by atoms with Gasteiger partial charge in [0.25, 0.3) is 0 Å². The fraction of sp³-hybridized carbons (Fsp3) is 0.357. The van der Waals surface area contributed by atoms with E-state index in [1.807, 2.05) is 0 Å². The van der Waals surface area contributed by atoms with E-state index in [0.29, 0.717) is 18.8 Å². The highest BCUT2D eigenvalue weighted by molar-refractivity contribution is 5.49. The van der Waals surface area contributed by atoms with Crippen molar-refractivity contribution in [3.63, 3.8) is 0 Å². The molecule has 0 aliphatic heterocycles. The maximum Gasteiger partial charge on any atom is 0.416 e. The molecule has 1 aromatic carbocycles. The first kappa shape index (κ1) is 15.4. The van der Waals surface area contributed by atoms with Crippen LogP contribution in [0.15, 0.2) is 30.6 Å². The fourth-order valence-corrected chi connectivity index (χ4v) is 1.96. The van der Waals surface area contributed by atoms with Gasteiger partial charge in [-0.2, -0.15) is 18.3 Å². The molecule has 7 heteroatoms. The average molecular weight is 299 g/mol. The number of halogens is 3. The minimum atomic E-state index is -4.35. The molecule has 0 bridgehead atoms. The number of benzene rings is 1. The van der Waals surface area contributed by atoms with Gasteiger partial charge in [-0.15, -0.1) is 0 Å². The van der Waals surface area contributed by atoms with Gasteiger partial charge < -0.3 is 10.4 Å². The number of aliphatic hydroxyl groups is 1. The van der Waals surface area contributed by atoms with Gasteiger partial charge >= 0.3 is 6.18 Å². The van der Waals surface area contributed by atoms with Crippen molar-refractivity contribution in [2.24, 2.45) is 0 Å². The highest BCUT2D eigenvalue weighted by Crippen LogP contribution is 2.33. The zero-order valence-electron chi connectivity index (χ0n) is 11.5. The van der Waals surface area contributed by atoms with Crippen molar-refractivity contribution in [2.45, 2.75) is 26.2 Å². The molecular weight excluding hydrogens is 283 g/mol. The number of anilines is 1. The average Bonchev–Trinajstić information content (AvgIpc) is 2.85. The van der Waals surface area contributed by atoms with E-state index in [4.69, 9.17) is 5.11 Å². The summed E-state index contributed by atoms with van der Waals surface area (Å²) in [5.41, 5.74) is 0.799. The monoisotopic (exact) mass is 299 g/mol. The predicted octanol–water partition coefficient (Wildman–Crippen LogP) is 2.81. The molecule has 114 valence electrons. The second-order valence-electron chi connectivity index (χ2n) is 4.72. The molecule has 0 saturated carbocycles. The van der Waals surface area contributed by atoms with Gasteiger partial charge in [-0.1, -0.05) is 6.07 Å². The summed E-state index contributed by atoms with van der Waals surface area (Å²) >= 11 is 0. The third kappa shape index (κ3) is 3.98. The highest BCUT2D eigenvalue weighted by atomic mass is 19.4. The van der Waals surface area contributed by atoms with E-state index in [1.54, 1.807) is 23.1 Å². The smallest absolute Gasteiger partial charge is 0.394 e. The highest BCUT2D eigenvalue weighted by Gasteiger charge is 2.32. The zero-order chi connectivity index (χ0) is 15.5. The minimum absolute atomic E-state index is 0.0124. The van der Waals surface area contributed by atoms with E-state index >= 15 is 0 Å². The fourth-order valence-electron chi connectivity index (χ4n) is 1.96. The number of aromatic nitrogens is 2. The van der Waals surface area contributed by atoms with Gasteiger partial charge in [-0.05, 0) is 24.6 Å². The Bertz CT molecular complexity index is 608. The maximum atomic E-state index is 12.8. The Morgan fingerprint density at radius 1 is 1.33 bits per heavy atom. The van der Waals surface area contributed by atoms with Gasteiger partial charge in [0.2, 0.25) is 0 Å². The molecule has 2 aromatic rings. The first-order valence-corrected chi connectivity index (χ1v) is 6.44. The Hall–Kier alpha value is -2.02. The SMILES string of the molecule is Cc1ccc(NCc2cnn(CCO)c2)cc1C(F)(F)F. The molecule has 0 aliphatic carbocycles. The summed E-state index contributed by atoms with van der Waals surface area (Å²) in [6, 6.07) is 4.16. The van der Waals surface area contributed by atoms with Crippen LogP contribution in [-0.4, -0.2) is 21.5 Å². The summed E-state index contributed by atoms with van der Waals surface area (Å²) in [7, 11) is 0. The Morgan fingerprint density at radius 3 is 2.76 bits per heavy atom. The molecule has 0 saturated heterocycles. The van der Waals surface area contributed by atoms with Crippen LogP contribution in [-0.2, 0) is 19.3 Å². The number of alkyl halides is 3. The molecule has 4 nitrogen and oxygen atoms in total. The number of nitrogens with one attached hydrogen (secondary N) is 1. The molecular formula is C14H16F3N3O. The van der Waals surface area contributed by atoms with Crippen LogP contribution in [0.25, 0.3) is 0 Å². The molecule has 0 fully saturated rings. The lowest BCUT2D eigenvalue weighted by molar-refractivity contribution is -0.138. The van der Waals surface area contributed by atoms with Crippen molar-refractivity contribution in [3.8, 4) is 0 Å². The first-order valence-electron chi connectivity index (χ1n) is 6.44. The zero-order valence-corrected chi connectivity index (χ0v) is 11.5. The number of rotatable bonds is 5. The van der Waals surface area contributed by atoms with Gasteiger partial charge in [0.15, 0.2) is 0 Å². The molecule has 2 N–H and O–H groups in total. The predicted molar refractivity (Wildman–Crippen MR) is 72.8 cm³/mol. The van der Waals surface area contributed by atoms with Crippen molar-refractivity contribution in [1.29, 1.82) is 0 Å². The molecule has 0 unspecified atom stereocenters. The van der Waals surface area contributed by atoms with Crippen LogP contribution in [0.3, 0.4) is 0 Å². The minimum Gasteiger partial charge on any atom is -0.394 e. The largest absolute Gasteiger partial charge is 0.416 e. The van der Waals surface area contributed by atoms with E-state index in [-0.39, 0.29) is 12.2 Å². The lowest BCUT2D eigenvalue weighted by Crippen LogP contribution is -2.08. The summed E-state index contributed by atoms with van der Waals surface area (Å²) in [4.78, 5) is 0. The topological polar surface area (TPSA) is 50.1 Å².